The maximum atomic E-state index is 12.5. The molecule has 1 N–H and O–H groups in total. The van der Waals surface area contributed by atoms with E-state index in [0.717, 1.165) is 33.1 Å². The molecule has 0 saturated carbocycles. The molecular formula is C20H16ClN5OS. The van der Waals surface area contributed by atoms with Gasteiger partial charge in [0.15, 0.2) is 5.13 Å². The molecule has 0 saturated heterocycles. The number of carbonyl (C=O) groups excluding carboxylic acids is 1. The highest BCUT2D eigenvalue weighted by atomic mass is 35.5. The maximum Gasteiger partial charge on any atom is 0.257 e. The number of carbonyl (C=O) groups is 1. The van der Waals surface area contributed by atoms with E-state index in [-0.39, 0.29) is 5.91 Å². The topological polar surface area (TPSA) is 72.7 Å². The fourth-order valence-electron chi connectivity index (χ4n) is 2.67. The highest BCUT2D eigenvalue weighted by Crippen LogP contribution is 2.24. The molecule has 0 spiro atoms. The molecule has 2 aromatic carbocycles. The van der Waals surface area contributed by atoms with E-state index in [1.165, 1.54) is 17.7 Å². The van der Waals surface area contributed by atoms with E-state index >= 15 is 0 Å². The lowest BCUT2D eigenvalue weighted by Gasteiger charge is -2.04. The number of hydrogen-bond acceptors (Lipinski definition) is 5. The number of benzene rings is 2. The number of amides is 1. The number of rotatable bonds is 5. The van der Waals surface area contributed by atoms with Gasteiger partial charge in [0.1, 0.15) is 12.7 Å². The quantitative estimate of drug-likeness (QED) is 0.525. The molecule has 6 nitrogen and oxygen atoms in total. The first-order chi connectivity index (χ1) is 13.6. The lowest BCUT2D eigenvalue weighted by molar-refractivity contribution is 0.102. The number of anilines is 1. The summed E-state index contributed by atoms with van der Waals surface area (Å²) in [7, 11) is 0. The average molecular weight is 410 g/mol. The number of halogens is 1. The van der Waals surface area contributed by atoms with E-state index < -0.39 is 0 Å². The van der Waals surface area contributed by atoms with Crippen LogP contribution in [0.25, 0.3) is 5.69 Å². The summed E-state index contributed by atoms with van der Waals surface area (Å²) in [5.41, 5.74) is 3.55. The summed E-state index contributed by atoms with van der Waals surface area (Å²) in [6.07, 6.45) is 5.57. The number of aryl methyl sites for hydroxylation is 1. The number of hydrogen-bond donors (Lipinski definition) is 1. The van der Waals surface area contributed by atoms with Crippen LogP contribution in [0.2, 0.25) is 5.02 Å². The Kier molecular flexibility index (Phi) is 5.18. The van der Waals surface area contributed by atoms with E-state index in [1.54, 1.807) is 29.3 Å². The third kappa shape index (κ3) is 4.11. The molecule has 0 aliphatic carbocycles. The van der Waals surface area contributed by atoms with Crippen LogP contribution in [0.4, 0.5) is 5.13 Å². The van der Waals surface area contributed by atoms with Crippen molar-refractivity contribution in [2.75, 3.05) is 5.32 Å². The first-order valence-electron chi connectivity index (χ1n) is 8.54. The minimum absolute atomic E-state index is 0.204. The van der Waals surface area contributed by atoms with E-state index in [1.807, 2.05) is 31.2 Å². The Balaban J connectivity index is 1.41. The van der Waals surface area contributed by atoms with Crippen molar-refractivity contribution in [3.05, 3.63) is 87.9 Å². The number of nitrogens with zero attached hydrogens (tertiary/aromatic N) is 4. The second-order valence-corrected chi connectivity index (χ2v) is 7.76. The van der Waals surface area contributed by atoms with Gasteiger partial charge < -0.3 is 0 Å². The first kappa shape index (κ1) is 18.3. The first-order valence-corrected chi connectivity index (χ1v) is 9.74. The van der Waals surface area contributed by atoms with Crippen molar-refractivity contribution in [3.63, 3.8) is 0 Å². The van der Waals surface area contributed by atoms with Gasteiger partial charge in [-0.25, -0.2) is 14.6 Å². The molecular weight excluding hydrogens is 394 g/mol. The predicted molar refractivity (Wildman–Crippen MR) is 110 cm³/mol. The number of nitrogens with one attached hydrogen (secondary N) is 1. The summed E-state index contributed by atoms with van der Waals surface area (Å²) in [5.74, 6) is -0.204. The molecule has 0 atom stereocenters. The third-order valence-corrected chi connectivity index (χ3v) is 5.52. The molecule has 28 heavy (non-hydrogen) atoms. The fraction of sp³-hybridized carbons (Fsp3) is 0.100. The van der Waals surface area contributed by atoms with Crippen molar-refractivity contribution in [3.8, 4) is 5.69 Å². The Morgan fingerprint density at radius 2 is 2.04 bits per heavy atom. The Morgan fingerprint density at radius 3 is 2.75 bits per heavy atom. The van der Waals surface area contributed by atoms with Crippen LogP contribution >= 0.6 is 22.9 Å². The van der Waals surface area contributed by atoms with Crippen molar-refractivity contribution in [1.29, 1.82) is 0 Å². The van der Waals surface area contributed by atoms with Crippen LogP contribution in [0, 0.1) is 6.92 Å². The SMILES string of the molecule is Cc1ccc(Cc2cnc(NC(=O)c3ccc(-n4cncn4)cc3)s2)cc1Cl. The zero-order valence-electron chi connectivity index (χ0n) is 15.0. The molecule has 0 aliphatic rings. The lowest BCUT2D eigenvalue weighted by atomic mass is 10.1. The molecule has 4 rings (SSSR count). The zero-order chi connectivity index (χ0) is 19.5. The van der Waals surface area contributed by atoms with Gasteiger partial charge in [0.2, 0.25) is 0 Å². The second kappa shape index (κ2) is 7.92. The van der Waals surface area contributed by atoms with Gasteiger partial charge in [-0.3, -0.25) is 10.1 Å². The molecule has 4 aromatic rings. The summed E-state index contributed by atoms with van der Waals surface area (Å²) in [6, 6.07) is 13.1. The molecule has 1 amide bonds. The zero-order valence-corrected chi connectivity index (χ0v) is 16.5. The largest absolute Gasteiger partial charge is 0.298 e. The van der Waals surface area contributed by atoms with Crippen LogP contribution in [0.5, 0.6) is 0 Å². The molecule has 0 radical (unpaired) electrons. The normalized spacial score (nSPS) is 10.8. The third-order valence-electron chi connectivity index (χ3n) is 4.20. The van der Waals surface area contributed by atoms with Gasteiger partial charge in [0.25, 0.3) is 5.91 Å². The smallest absolute Gasteiger partial charge is 0.257 e. The van der Waals surface area contributed by atoms with Crippen LogP contribution in [0.3, 0.4) is 0 Å². The van der Waals surface area contributed by atoms with Crippen molar-refractivity contribution >= 4 is 34.0 Å². The van der Waals surface area contributed by atoms with Crippen LogP contribution in [0.1, 0.15) is 26.4 Å². The summed E-state index contributed by atoms with van der Waals surface area (Å²) in [4.78, 5) is 21.7. The highest BCUT2D eigenvalue weighted by Gasteiger charge is 2.10. The Bertz CT molecular complexity index is 1110. The summed E-state index contributed by atoms with van der Waals surface area (Å²) >= 11 is 7.64. The molecule has 0 unspecified atom stereocenters. The van der Waals surface area contributed by atoms with Gasteiger partial charge in [0, 0.05) is 28.1 Å². The summed E-state index contributed by atoms with van der Waals surface area (Å²) < 4.78 is 1.63. The van der Waals surface area contributed by atoms with Gasteiger partial charge in [-0.2, -0.15) is 5.10 Å². The fourth-order valence-corrected chi connectivity index (χ4v) is 3.72. The monoisotopic (exact) mass is 409 g/mol. The van der Waals surface area contributed by atoms with E-state index in [2.05, 4.69) is 26.4 Å². The van der Waals surface area contributed by atoms with Crippen LogP contribution < -0.4 is 5.32 Å². The van der Waals surface area contributed by atoms with Gasteiger partial charge in [0.05, 0.1) is 5.69 Å². The Morgan fingerprint density at radius 1 is 1.21 bits per heavy atom. The van der Waals surface area contributed by atoms with Gasteiger partial charge in [-0.15, -0.1) is 11.3 Å². The standard InChI is InChI=1S/C20H16ClN5OS/c1-13-2-3-14(9-18(13)21)8-17-10-23-20(28-17)25-19(27)15-4-6-16(7-5-15)26-12-22-11-24-26/h2-7,9-12H,8H2,1H3,(H,23,25,27). The average Bonchev–Trinajstić information content (AvgIpc) is 3.37. The predicted octanol–water partition coefficient (Wildman–Crippen LogP) is 4.53. The second-order valence-electron chi connectivity index (χ2n) is 6.23. The summed E-state index contributed by atoms with van der Waals surface area (Å²) in [5, 5.41) is 8.23. The molecule has 0 aliphatic heterocycles. The van der Waals surface area contributed by atoms with E-state index in [0.29, 0.717) is 10.7 Å². The lowest BCUT2D eigenvalue weighted by Crippen LogP contribution is -2.11. The maximum absolute atomic E-state index is 12.5. The van der Waals surface area contributed by atoms with Crippen LogP contribution in [0.15, 0.2) is 61.3 Å². The van der Waals surface area contributed by atoms with Crippen molar-refractivity contribution < 1.29 is 4.79 Å². The van der Waals surface area contributed by atoms with Gasteiger partial charge >= 0.3 is 0 Å². The van der Waals surface area contributed by atoms with Gasteiger partial charge in [-0.1, -0.05) is 23.7 Å². The summed E-state index contributed by atoms with van der Waals surface area (Å²) in [6.45, 7) is 1.98. The number of thiazole rings is 1. The van der Waals surface area contributed by atoms with Crippen molar-refractivity contribution in [2.45, 2.75) is 13.3 Å². The minimum Gasteiger partial charge on any atom is -0.298 e. The number of aromatic nitrogens is 4. The molecule has 2 heterocycles. The molecule has 0 fully saturated rings. The van der Waals surface area contributed by atoms with E-state index in [9.17, 15) is 4.79 Å². The van der Waals surface area contributed by atoms with Crippen molar-refractivity contribution in [2.24, 2.45) is 0 Å². The van der Waals surface area contributed by atoms with E-state index in [4.69, 9.17) is 11.6 Å². The molecule has 0 bridgehead atoms. The molecule has 8 heteroatoms. The minimum atomic E-state index is -0.204. The van der Waals surface area contributed by atoms with Crippen LogP contribution in [-0.4, -0.2) is 25.7 Å². The Labute approximate surface area is 170 Å². The van der Waals surface area contributed by atoms with Gasteiger partial charge in [-0.05, 0) is 48.4 Å². The van der Waals surface area contributed by atoms with Crippen LogP contribution in [-0.2, 0) is 6.42 Å². The molecule has 2 aromatic heterocycles. The highest BCUT2D eigenvalue weighted by molar-refractivity contribution is 7.15. The molecule has 140 valence electrons. The van der Waals surface area contributed by atoms with Crippen molar-refractivity contribution in [1.82, 2.24) is 19.7 Å². The Hall–Kier alpha value is -3.03.